The molecule has 0 bridgehead atoms. The third kappa shape index (κ3) is 9.85. The smallest absolute Gasteiger partial charge is 0.336 e. The lowest BCUT2D eigenvalue weighted by atomic mass is 9.96. The molecule has 0 amide bonds. The SMILES string of the molecule is CCCOc1ccccc1CN[C@@H]1CCC[C@H]1Cc1cc(C)no1.O=C(O)CC(O)(CC(=O)O)C(=O)O. The number of carboxylic acid groups (broad SMARTS) is 3. The van der Waals surface area contributed by atoms with Crippen molar-refractivity contribution < 1.29 is 44.1 Å². The van der Waals surface area contributed by atoms with Gasteiger partial charge in [-0.1, -0.05) is 36.7 Å². The molecule has 0 aliphatic heterocycles. The van der Waals surface area contributed by atoms with Crippen molar-refractivity contribution in [3.63, 3.8) is 0 Å². The molecule has 11 nitrogen and oxygen atoms in total. The fourth-order valence-electron chi connectivity index (χ4n) is 4.28. The maximum absolute atomic E-state index is 10.3. The van der Waals surface area contributed by atoms with Crippen LogP contribution in [0.3, 0.4) is 0 Å². The van der Waals surface area contributed by atoms with Crippen molar-refractivity contribution in [1.82, 2.24) is 10.5 Å². The quantitative estimate of drug-likeness (QED) is 0.262. The first-order valence-electron chi connectivity index (χ1n) is 12.3. The normalized spacial score (nSPS) is 17.1. The van der Waals surface area contributed by atoms with Gasteiger partial charge in [-0.15, -0.1) is 0 Å². The molecule has 0 radical (unpaired) electrons. The van der Waals surface area contributed by atoms with E-state index >= 15 is 0 Å². The summed E-state index contributed by atoms with van der Waals surface area (Å²) in [4.78, 5) is 30.5. The maximum atomic E-state index is 10.3. The molecule has 1 heterocycles. The van der Waals surface area contributed by atoms with Crippen molar-refractivity contribution in [1.29, 1.82) is 0 Å². The Morgan fingerprint density at radius 3 is 2.38 bits per heavy atom. The summed E-state index contributed by atoms with van der Waals surface area (Å²) >= 11 is 0. The molecule has 1 aliphatic rings. The molecule has 1 aromatic heterocycles. The van der Waals surface area contributed by atoms with E-state index < -0.39 is 36.4 Å². The predicted molar refractivity (Wildman–Crippen MR) is 132 cm³/mol. The van der Waals surface area contributed by atoms with E-state index in [0.29, 0.717) is 12.0 Å². The number of hydrogen-bond acceptors (Lipinski definition) is 8. The van der Waals surface area contributed by atoms with E-state index in [-0.39, 0.29) is 0 Å². The van der Waals surface area contributed by atoms with Crippen molar-refractivity contribution >= 4 is 17.9 Å². The molecular weight excluding hydrogens is 484 g/mol. The van der Waals surface area contributed by atoms with Crippen LogP contribution >= 0.6 is 0 Å². The Morgan fingerprint density at radius 1 is 1.14 bits per heavy atom. The number of carbonyl (C=O) groups is 3. The third-order valence-electron chi connectivity index (χ3n) is 6.07. The van der Waals surface area contributed by atoms with Gasteiger partial charge in [0.15, 0.2) is 5.60 Å². The lowest BCUT2D eigenvalue weighted by molar-refractivity contribution is -0.170. The van der Waals surface area contributed by atoms with Gasteiger partial charge in [0.1, 0.15) is 11.5 Å². The van der Waals surface area contributed by atoms with E-state index in [9.17, 15) is 14.4 Å². The highest BCUT2D eigenvalue weighted by Gasteiger charge is 2.40. The first-order valence-corrected chi connectivity index (χ1v) is 12.3. The highest BCUT2D eigenvalue weighted by molar-refractivity contribution is 5.88. The van der Waals surface area contributed by atoms with Crippen molar-refractivity contribution in [3.8, 4) is 5.75 Å². The topological polar surface area (TPSA) is 179 Å². The van der Waals surface area contributed by atoms with Gasteiger partial charge < -0.3 is 35.0 Å². The third-order valence-corrected chi connectivity index (χ3v) is 6.07. The number of hydrogen-bond donors (Lipinski definition) is 5. The molecule has 1 aliphatic carbocycles. The number of aliphatic carboxylic acids is 3. The predicted octanol–water partition coefficient (Wildman–Crippen LogP) is 3.02. The second kappa shape index (κ2) is 14.3. The van der Waals surface area contributed by atoms with E-state index in [0.717, 1.165) is 43.2 Å². The molecule has 37 heavy (non-hydrogen) atoms. The number of aliphatic hydroxyl groups is 1. The van der Waals surface area contributed by atoms with Crippen LogP contribution in [0, 0.1) is 12.8 Å². The summed E-state index contributed by atoms with van der Waals surface area (Å²) < 4.78 is 11.3. The van der Waals surface area contributed by atoms with Gasteiger partial charge >= 0.3 is 17.9 Å². The van der Waals surface area contributed by atoms with Gasteiger partial charge in [-0.2, -0.15) is 0 Å². The summed E-state index contributed by atoms with van der Waals surface area (Å²) in [6, 6.07) is 10.9. The first-order chi connectivity index (χ1) is 17.5. The average Bonchev–Trinajstić information content (AvgIpc) is 3.44. The van der Waals surface area contributed by atoms with Gasteiger partial charge in [-0.3, -0.25) is 9.59 Å². The number of para-hydroxylation sites is 1. The summed E-state index contributed by atoms with van der Waals surface area (Å²) in [6.45, 7) is 5.74. The zero-order valence-corrected chi connectivity index (χ0v) is 21.2. The first kappa shape index (κ1) is 29.8. The Hall–Kier alpha value is -3.44. The van der Waals surface area contributed by atoms with E-state index in [2.05, 4.69) is 41.7 Å². The van der Waals surface area contributed by atoms with Crippen molar-refractivity contribution in [2.75, 3.05) is 6.61 Å². The Labute approximate surface area is 215 Å². The minimum atomic E-state index is -2.74. The number of nitrogens with zero attached hydrogens (tertiary/aromatic N) is 1. The molecule has 0 unspecified atom stereocenters. The van der Waals surface area contributed by atoms with E-state index in [1.807, 2.05) is 13.0 Å². The molecule has 5 N–H and O–H groups in total. The molecule has 1 fully saturated rings. The Kier molecular flexibility index (Phi) is 11.5. The number of aromatic nitrogens is 1. The molecule has 2 aromatic rings. The van der Waals surface area contributed by atoms with Gasteiger partial charge in [-0.05, 0) is 38.2 Å². The van der Waals surface area contributed by atoms with E-state index in [1.165, 1.54) is 24.8 Å². The van der Waals surface area contributed by atoms with Crippen LogP contribution in [0.4, 0.5) is 0 Å². The molecule has 11 heteroatoms. The lowest BCUT2D eigenvalue weighted by Crippen LogP contribution is -2.42. The van der Waals surface area contributed by atoms with Crippen molar-refractivity contribution in [2.24, 2.45) is 5.92 Å². The second-order valence-corrected chi connectivity index (χ2v) is 9.25. The van der Waals surface area contributed by atoms with Crippen LogP contribution in [0.15, 0.2) is 34.9 Å². The summed E-state index contributed by atoms with van der Waals surface area (Å²) in [7, 11) is 0. The highest BCUT2D eigenvalue weighted by Crippen LogP contribution is 2.30. The number of nitrogens with one attached hydrogen (secondary N) is 1. The number of ether oxygens (including phenoxy) is 1. The minimum absolute atomic E-state index is 0.537. The molecule has 0 spiro atoms. The molecule has 1 aromatic carbocycles. The second-order valence-electron chi connectivity index (χ2n) is 9.25. The van der Waals surface area contributed by atoms with Crippen molar-refractivity contribution in [2.45, 2.75) is 77.0 Å². The van der Waals surface area contributed by atoms with E-state index in [1.54, 1.807) is 0 Å². The molecule has 2 atom stereocenters. The van der Waals surface area contributed by atoms with Crippen LogP contribution in [-0.4, -0.2) is 61.7 Å². The molecule has 1 saturated carbocycles. The largest absolute Gasteiger partial charge is 0.493 e. The molecular formula is C26H36N2O9. The summed E-state index contributed by atoms with van der Waals surface area (Å²) in [5.74, 6) is -2.37. The lowest BCUT2D eigenvalue weighted by Gasteiger charge is -2.21. The summed E-state index contributed by atoms with van der Waals surface area (Å²) in [5.41, 5.74) is -0.529. The number of carboxylic acids is 3. The molecule has 0 saturated heterocycles. The Morgan fingerprint density at radius 2 is 1.81 bits per heavy atom. The fraction of sp³-hybridized carbons (Fsp3) is 0.538. The standard InChI is InChI=1S/C20H28N2O2.C6H8O7/c1-3-11-23-20-10-5-4-7-17(20)14-21-19-9-6-8-16(19)13-18-12-15(2)22-24-18;7-3(8)1-6(13,5(11)12)2-4(9)10/h4-5,7,10,12,16,19,21H,3,6,8-9,11,13-14H2,1-2H3;13H,1-2H2,(H,7,8)(H,9,10)(H,11,12)/t16-,19+;/m0./s1. The van der Waals surface area contributed by atoms with Crippen LogP contribution in [0.5, 0.6) is 5.75 Å². The van der Waals surface area contributed by atoms with Crippen molar-refractivity contribution in [3.05, 3.63) is 47.3 Å². The average molecular weight is 521 g/mol. The molecule has 3 rings (SSSR count). The number of aryl methyl sites for hydroxylation is 1. The monoisotopic (exact) mass is 520 g/mol. The molecule has 204 valence electrons. The Balaban J connectivity index is 0.000000317. The Bertz CT molecular complexity index is 1020. The highest BCUT2D eigenvalue weighted by atomic mass is 16.5. The maximum Gasteiger partial charge on any atom is 0.336 e. The van der Waals surface area contributed by atoms with Gasteiger partial charge in [-0.25, -0.2) is 4.79 Å². The van der Waals surface area contributed by atoms with Crippen LogP contribution in [0.2, 0.25) is 0 Å². The van der Waals surface area contributed by atoms with Crippen LogP contribution in [0.25, 0.3) is 0 Å². The zero-order chi connectivity index (χ0) is 27.4. The minimum Gasteiger partial charge on any atom is -0.493 e. The van der Waals surface area contributed by atoms with Crippen LogP contribution in [0.1, 0.15) is 62.5 Å². The number of rotatable bonds is 13. The van der Waals surface area contributed by atoms with Gasteiger partial charge in [0, 0.05) is 30.6 Å². The van der Waals surface area contributed by atoms with Gasteiger partial charge in [0.25, 0.3) is 0 Å². The number of benzene rings is 1. The van der Waals surface area contributed by atoms with Crippen LogP contribution in [-0.2, 0) is 27.3 Å². The zero-order valence-electron chi connectivity index (χ0n) is 21.2. The van der Waals surface area contributed by atoms with Gasteiger partial charge in [0.05, 0.1) is 25.1 Å². The summed E-state index contributed by atoms with van der Waals surface area (Å²) in [5, 5.41) is 41.6. The van der Waals surface area contributed by atoms with Crippen LogP contribution < -0.4 is 10.1 Å². The fourth-order valence-corrected chi connectivity index (χ4v) is 4.28. The van der Waals surface area contributed by atoms with E-state index in [4.69, 9.17) is 29.7 Å². The van der Waals surface area contributed by atoms with Gasteiger partial charge in [0.2, 0.25) is 0 Å². The summed E-state index contributed by atoms with van der Waals surface area (Å²) in [6.07, 6.45) is 3.49.